The number of ketones is 1. The van der Waals surface area contributed by atoms with Crippen LogP contribution in [0.3, 0.4) is 0 Å². The number of aliphatic hydroxyl groups excluding tert-OH is 1. The van der Waals surface area contributed by atoms with Gasteiger partial charge in [0, 0.05) is 5.41 Å². The lowest BCUT2D eigenvalue weighted by atomic mass is 9.52. The first-order valence-corrected chi connectivity index (χ1v) is 10.8. The molecule has 3 unspecified atom stereocenters. The van der Waals surface area contributed by atoms with Gasteiger partial charge in [0.05, 0.1) is 0 Å². The zero-order chi connectivity index (χ0) is 20.3. The lowest BCUT2D eigenvalue weighted by Gasteiger charge is -2.51. The second kappa shape index (κ2) is 6.34. The van der Waals surface area contributed by atoms with Crippen molar-refractivity contribution in [3.63, 3.8) is 0 Å². The van der Waals surface area contributed by atoms with Crippen LogP contribution >= 0.6 is 0 Å². The van der Waals surface area contributed by atoms with E-state index in [0.29, 0.717) is 16.6 Å². The van der Waals surface area contributed by atoms with Gasteiger partial charge in [0.15, 0.2) is 5.78 Å². The molecule has 3 atom stereocenters. The van der Waals surface area contributed by atoms with Crippen molar-refractivity contribution in [3.05, 3.63) is 58.9 Å². The largest absolute Gasteiger partial charge is 0.508 e. The second-order valence-corrected chi connectivity index (χ2v) is 10.1. The van der Waals surface area contributed by atoms with Crippen LogP contribution in [-0.4, -0.2) is 10.9 Å². The maximum Gasteiger partial charge on any atom is 0.152 e. The molecule has 0 aromatic rings. The number of hydrogen-bond acceptors (Lipinski definition) is 2. The van der Waals surface area contributed by atoms with E-state index in [9.17, 15) is 9.90 Å². The molecule has 0 aromatic carbocycles. The van der Waals surface area contributed by atoms with Gasteiger partial charge in [0.25, 0.3) is 0 Å². The summed E-state index contributed by atoms with van der Waals surface area (Å²) in [5, 5.41) is 10.1. The van der Waals surface area contributed by atoms with E-state index in [0.717, 1.165) is 12.3 Å². The number of carbonyl (C=O) groups is 1. The van der Waals surface area contributed by atoms with Gasteiger partial charge in [0.2, 0.25) is 0 Å². The first-order chi connectivity index (χ1) is 13.2. The van der Waals surface area contributed by atoms with Crippen LogP contribution in [0.15, 0.2) is 58.9 Å². The summed E-state index contributed by atoms with van der Waals surface area (Å²) in [6.07, 6.45) is 16.7. The molecule has 0 bridgehead atoms. The van der Waals surface area contributed by atoms with Crippen LogP contribution in [0.1, 0.15) is 72.6 Å². The first-order valence-electron chi connectivity index (χ1n) is 10.8. The minimum absolute atomic E-state index is 0.0185. The van der Waals surface area contributed by atoms with Gasteiger partial charge < -0.3 is 5.11 Å². The van der Waals surface area contributed by atoms with Crippen molar-refractivity contribution in [1.82, 2.24) is 0 Å². The molecule has 1 fully saturated rings. The van der Waals surface area contributed by atoms with Gasteiger partial charge in [-0.1, -0.05) is 39.0 Å². The van der Waals surface area contributed by atoms with Gasteiger partial charge in [-0.2, -0.15) is 0 Å². The van der Waals surface area contributed by atoms with E-state index >= 15 is 0 Å². The highest BCUT2D eigenvalue weighted by Crippen LogP contribution is 2.71. The highest BCUT2D eigenvalue weighted by molar-refractivity contribution is 5.86. The summed E-state index contributed by atoms with van der Waals surface area (Å²) in [6.45, 7) is 12.1. The van der Waals surface area contributed by atoms with Gasteiger partial charge in [0.1, 0.15) is 5.76 Å². The third-order valence-corrected chi connectivity index (χ3v) is 8.46. The molecule has 0 aromatic heterocycles. The Bertz CT molecular complexity index is 861. The molecule has 5 aliphatic rings. The summed E-state index contributed by atoms with van der Waals surface area (Å²) in [7, 11) is 0. The van der Waals surface area contributed by atoms with Crippen LogP contribution in [0.5, 0.6) is 0 Å². The van der Waals surface area contributed by atoms with Crippen LogP contribution in [0.25, 0.3) is 0 Å². The Kier molecular flexibility index (Phi) is 4.41. The first kappa shape index (κ1) is 19.5. The Labute approximate surface area is 169 Å². The van der Waals surface area contributed by atoms with E-state index in [2.05, 4.69) is 45.6 Å². The molecule has 0 heterocycles. The van der Waals surface area contributed by atoms with Crippen molar-refractivity contribution in [2.75, 3.05) is 0 Å². The number of rotatable bonds is 1. The van der Waals surface area contributed by atoms with E-state index in [-0.39, 0.29) is 11.2 Å². The number of fused-ring (bicyclic) bond motifs is 5. The van der Waals surface area contributed by atoms with Gasteiger partial charge >= 0.3 is 0 Å². The van der Waals surface area contributed by atoms with E-state index < -0.39 is 0 Å². The van der Waals surface area contributed by atoms with Gasteiger partial charge in [-0.3, -0.25) is 4.79 Å². The standard InChI is InChI=1S/C22H28O.C4H6O/c1-14-4-5-17-16-13-22(10-11-22)19-12-15(23)6-8-21(19,3)18(16)7-9-20(14,17)2;1-3-4(2)5/h5-6,12,14,23H,4,7-11,13H2,1-3H3;3H,1H2,2H3. The fourth-order valence-corrected chi connectivity index (χ4v) is 6.25. The summed E-state index contributed by atoms with van der Waals surface area (Å²) >= 11 is 0. The van der Waals surface area contributed by atoms with E-state index in [1.54, 1.807) is 22.3 Å². The third-order valence-electron chi connectivity index (χ3n) is 8.46. The molecule has 1 spiro atoms. The lowest BCUT2D eigenvalue weighted by Crippen LogP contribution is -2.40. The Balaban J connectivity index is 0.000000346. The van der Waals surface area contributed by atoms with Gasteiger partial charge in [-0.15, -0.1) is 0 Å². The zero-order valence-electron chi connectivity index (χ0n) is 17.9. The minimum Gasteiger partial charge on any atom is -0.508 e. The molecule has 28 heavy (non-hydrogen) atoms. The van der Waals surface area contributed by atoms with Gasteiger partial charge in [-0.25, -0.2) is 0 Å². The number of hydrogen-bond donors (Lipinski definition) is 1. The molecular formula is C26H34O2. The van der Waals surface area contributed by atoms with E-state index in [1.807, 2.05) is 0 Å². The highest BCUT2D eigenvalue weighted by Gasteiger charge is 2.59. The number of aliphatic hydroxyl groups is 1. The molecule has 0 saturated heterocycles. The summed E-state index contributed by atoms with van der Waals surface area (Å²) in [6, 6.07) is 0. The van der Waals surface area contributed by atoms with Crippen molar-refractivity contribution in [3.8, 4) is 0 Å². The molecule has 0 amide bonds. The molecule has 5 aliphatic carbocycles. The molecule has 2 nitrogen and oxygen atoms in total. The Morgan fingerprint density at radius 2 is 1.93 bits per heavy atom. The van der Waals surface area contributed by atoms with Crippen LogP contribution in [0.4, 0.5) is 0 Å². The SMILES string of the molecule is C=CC(C)=O.CC1CC=C2C3=C(CCC21C)C1(C)CC=C(O)C=C1C1(CC1)C3. The normalized spacial score (nSPS) is 36.7. The molecule has 2 heteroatoms. The molecular weight excluding hydrogens is 344 g/mol. The minimum atomic E-state index is 0.0185. The summed E-state index contributed by atoms with van der Waals surface area (Å²) in [5.41, 5.74) is 7.66. The average Bonchev–Trinajstić information content (AvgIpc) is 3.35. The third kappa shape index (κ3) is 2.71. The summed E-state index contributed by atoms with van der Waals surface area (Å²) in [4.78, 5) is 9.69. The molecule has 150 valence electrons. The summed E-state index contributed by atoms with van der Waals surface area (Å²) < 4.78 is 0. The molecule has 1 saturated carbocycles. The van der Waals surface area contributed by atoms with Gasteiger partial charge in [-0.05, 0) is 104 Å². The van der Waals surface area contributed by atoms with Crippen molar-refractivity contribution >= 4 is 5.78 Å². The number of carbonyl (C=O) groups excluding carboxylic acids is 1. The predicted molar refractivity (Wildman–Crippen MR) is 115 cm³/mol. The predicted octanol–water partition coefficient (Wildman–Crippen LogP) is 6.77. The highest BCUT2D eigenvalue weighted by atomic mass is 16.3. The Morgan fingerprint density at radius 1 is 1.25 bits per heavy atom. The average molecular weight is 379 g/mol. The Hall–Kier alpha value is -1.83. The maximum atomic E-state index is 10.1. The smallest absolute Gasteiger partial charge is 0.152 e. The van der Waals surface area contributed by atoms with Crippen LogP contribution in [-0.2, 0) is 4.79 Å². The fraction of sp³-hybridized carbons (Fsp3) is 0.577. The van der Waals surface area contributed by atoms with Crippen molar-refractivity contribution in [1.29, 1.82) is 0 Å². The quantitative estimate of drug-likeness (QED) is 0.511. The Morgan fingerprint density at radius 3 is 2.54 bits per heavy atom. The second-order valence-electron chi connectivity index (χ2n) is 10.1. The monoisotopic (exact) mass is 378 g/mol. The van der Waals surface area contributed by atoms with Crippen LogP contribution in [0, 0.1) is 22.2 Å². The fourth-order valence-electron chi connectivity index (χ4n) is 6.25. The van der Waals surface area contributed by atoms with Crippen LogP contribution < -0.4 is 0 Å². The topological polar surface area (TPSA) is 37.3 Å². The number of allylic oxidation sites excluding steroid dienone is 8. The molecule has 1 N–H and O–H groups in total. The molecule has 5 rings (SSSR count). The van der Waals surface area contributed by atoms with E-state index in [4.69, 9.17) is 0 Å². The lowest BCUT2D eigenvalue weighted by molar-refractivity contribution is -0.112. The van der Waals surface area contributed by atoms with Crippen LogP contribution in [0.2, 0.25) is 0 Å². The maximum absolute atomic E-state index is 10.1. The molecule has 0 aliphatic heterocycles. The van der Waals surface area contributed by atoms with Crippen molar-refractivity contribution in [2.45, 2.75) is 72.6 Å². The zero-order valence-corrected chi connectivity index (χ0v) is 17.9. The summed E-state index contributed by atoms with van der Waals surface area (Å²) in [5.74, 6) is 1.31. The van der Waals surface area contributed by atoms with E-state index in [1.165, 1.54) is 51.5 Å². The molecule has 0 radical (unpaired) electrons. The van der Waals surface area contributed by atoms with Crippen molar-refractivity contribution in [2.24, 2.45) is 22.2 Å². The van der Waals surface area contributed by atoms with Crippen molar-refractivity contribution < 1.29 is 9.90 Å².